The summed E-state index contributed by atoms with van der Waals surface area (Å²) in [6.45, 7) is 2.34. The van der Waals surface area contributed by atoms with Gasteiger partial charge in [-0.2, -0.15) is 0 Å². The molecule has 7 heteroatoms. The van der Waals surface area contributed by atoms with Crippen molar-refractivity contribution in [2.75, 3.05) is 20.1 Å². The fourth-order valence-electron chi connectivity index (χ4n) is 1.40. The molecule has 0 saturated carbocycles. The molecule has 102 valence electrons. The second-order valence-electron chi connectivity index (χ2n) is 3.91. The predicted octanol–water partition coefficient (Wildman–Crippen LogP) is -0.0761. The molecule has 0 radical (unpaired) electrons. The first-order valence-electron chi connectivity index (χ1n) is 5.73. The molecule has 0 aliphatic heterocycles. The number of amides is 2. The summed E-state index contributed by atoms with van der Waals surface area (Å²) >= 11 is 4.80. The summed E-state index contributed by atoms with van der Waals surface area (Å²) in [6, 6.07) is 3.16. The molecule has 1 aromatic rings. The number of carbonyl (C=O) groups excluding carboxylic acids is 2. The van der Waals surface area contributed by atoms with Crippen molar-refractivity contribution < 1.29 is 9.59 Å². The Balaban J connectivity index is 2.71. The van der Waals surface area contributed by atoms with Gasteiger partial charge in [0.2, 0.25) is 5.91 Å². The second kappa shape index (κ2) is 6.79. The summed E-state index contributed by atoms with van der Waals surface area (Å²) in [7, 11) is 1.54. The Labute approximate surface area is 117 Å². The molecule has 0 bridgehead atoms. The zero-order valence-corrected chi connectivity index (χ0v) is 11.7. The second-order valence-corrected chi connectivity index (χ2v) is 4.35. The van der Waals surface area contributed by atoms with Crippen LogP contribution in [0.15, 0.2) is 18.3 Å². The van der Waals surface area contributed by atoms with Gasteiger partial charge in [0.05, 0.1) is 6.54 Å². The fraction of sp³-hybridized carbons (Fsp3) is 0.333. The lowest BCUT2D eigenvalue weighted by Gasteiger charge is -2.16. The predicted molar refractivity (Wildman–Crippen MR) is 75.8 cm³/mol. The van der Waals surface area contributed by atoms with Crippen LogP contribution >= 0.6 is 12.2 Å². The lowest BCUT2D eigenvalue weighted by molar-refractivity contribution is -0.121. The van der Waals surface area contributed by atoms with E-state index in [1.165, 1.54) is 17.2 Å². The van der Waals surface area contributed by atoms with Gasteiger partial charge in [-0.05, 0) is 19.1 Å². The van der Waals surface area contributed by atoms with E-state index < -0.39 is 0 Å². The molecule has 1 rings (SSSR count). The van der Waals surface area contributed by atoms with Gasteiger partial charge in [-0.25, -0.2) is 0 Å². The monoisotopic (exact) mass is 280 g/mol. The van der Waals surface area contributed by atoms with Crippen molar-refractivity contribution in [1.82, 2.24) is 15.2 Å². The maximum atomic E-state index is 12.0. The summed E-state index contributed by atoms with van der Waals surface area (Å²) < 4.78 is 0. The summed E-state index contributed by atoms with van der Waals surface area (Å²) in [5.41, 5.74) is 6.28. The molecular weight excluding hydrogens is 264 g/mol. The van der Waals surface area contributed by atoms with Crippen molar-refractivity contribution in [3.63, 3.8) is 0 Å². The first kappa shape index (κ1) is 15.0. The Morgan fingerprint density at radius 1 is 1.47 bits per heavy atom. The third-order valence-corrected chi connectivity index (χ3v) is 2.60. The summed E-state index contributed by atoms with van der Waals surface area (Å²) in [6.07, 6.45) is 1.44. The quantitative estimate of drug-likeness (QED) is 0.737. The Kier molecular flexibility index (Phi) is 5.37. The van der Waals surface area contributed by atoms with Crippen LogP contribution in [0.5, 0.6) is 0 Å². The summed E-state index contributed by atoms with van der Waals surface area (Å²) in [4.78, 5) is 28.9. The van der Waals surface area contributed by atoms with Crippen molar-refractivity contribution in [1.29, 1.82) is 0 Å². The fourth-order valence-corrected chi connectivity index (χ4v) is 1.52. The highest BCUT2D eigenvalue weighted by molar-refractivity contribution is 7.80. The van der Waals surface area contributed by atoms with E-state index in [-0.39, 0.29) is 29.0 Å². The molecule has 0 fully saturated rings. The summed E-state index contributed by atoms with van der Waals surface area (Å²) in [5.74, 6) is -0.543. The highest BCUT2D eigenvalue weighted by atomic mass is 32.1. The normalized spacial score (nSPS) is 9.79. The maximum Gasteiger partial charge on any atom is 0.272 e. The zero-order chi connectivity index (χ0) is 14.4. The largest absolute Gasteiger partial charge is 0.389 e. The lowest BCUT2D eigenvalue weighted by atomic mass is 10.2. The topological polar surface area (TPSA) is 88.3 Å². The van der Waals surface area contributed by atoms with E-state index >= 15 is 0 Å². The Morgan fingerprint density at radius 2 is 2.16 bits per heavy atom. The minimum absolute atomic E-state index is 0.00853. The van der Waals surface area contributed by atoms with Gasteiger partial charge in [-0.1, -0.05) is 12.2 Å². The van der Waals surface area contributed by atoms with Crippen LogP contribution in [0.3, 0.4) is 0 Å². The van der Waals surface area contributed by atoms with Gasteiger partial charge in [0, 0.05) is 25.4 Å². The van der Waals surface area contributed by atoms with Crippen LogP contribution < -0.4 is 11.1 Å². The molecule has 1 heterocycles. The Hall–Kier alpha value is -2.02. The maximum absolute atomic E-state index is 12.0. The van der Waals surface area contributed by atoms with Crippen molar-refractivity contribution in [3.05, 3.63) is 29.6 Å². The van der Waals surface area contributed by atoms with E-state index in [4.69, 9.17) is 18.0 Å². The molecule has 0 aromatic carbocycles. The number of aromatic nitrogens is 1. The Bertz CT molecular complexity index is 487. The first-order chi connectivity index (χ1) is 8.95. The minimum atomic E-state index is -0.333. The third-order valence-electron chi connectivity index (χ3n) is 2.37. The van der Waals surface area contributed by atoms with E-state index in [2.05, 4.69) is 10.3 Å². The average molecular weight is 280 g/mol. The molecule has 0 saturated heterocycles. The molecule has 1 aromatic heterocycles. The highest BCUT2D eigenvalue weighted by Gasteiger charge is 2.15. The van der Waals surface area contributed by atoms with E-state index in [1.807, 2.05) is 6.92 Å². The smallest absolute Gasteiger partial charge is 0.272 e. The third kappa shape index (κ3) is 4.29. The van der Waals surface area contributed by atoms with Crippen LogP contribution in [0.2, 0.25) is 0 Å². The molecular formula is C12H16N4O2S. The van der Waals surface area contributed by atoms with Crippen molar-refractivity contribution in [3.8, 4) is 0 Å². The van der Waals surface area contributed by atoms with Crippen LogP contribution in [-0.2, 0) is 4.79 Å². The van der Waals surface area contributed by atoms with Crippen molar-refractivity contribution in [2.45, 2.75) is 6.92 Å². The molecule has 0 aliphatic rings. The molecule has 0 spiro atoms. The molecule has 6 nitrogen and oxygen atoms in total. The van der Waals surface area contributed by atoms with Gasteiger partial charge < -0.3 is 16.0 Å². The number of nitrogens with two attached hydrogens (primary N) is 1. The van der Waals surface area contributed by atoms with E-state index in [1.54, 1.807) is 13.1 Å². The Morgan fingerprint density at radius 3 is 2.63 bits per heavy atom. The minimum Gasteiger partial charge on any atom is -0.389 e. The van der Waals surface area contributed by atoms with Gasteiger partial charge in [0.25, 0.3) is 5.91 Å². The van der Waals surface area contributed by atoms with Gasteiger partial charge >= 0.3 is 0 Å². The van der Waals surface area contributed by atoms with Crippen LogP contribution in [0.1, 0.15) is 23.0 Å². The van der Waals surface area contributed by atoms with Gasteiger partial charge in [-0.3, -0.25) is 14.6 Å². The van der Waals surface area contributed by atoms with Crippen LogP contribution in [-0.4, -0.2) is 46.8 Å². The molecule has 0 atom stereocenters. The van der Waals surface area contributed by atoms with Crippen LogP contribution in [0.25, 0.3) is 0 Å². The van der Waals surface area contributed by atoms with Crippen molar-refractivity contribution >= 4 is 29.0 Å². The number of hydrogen-bond donors (Lipinski definition) is 2. The van der Waals surface area contributed by atoms with E-state index in [9.17, 15) is 9.59 Å². The number of thiocarbonyl (C=S) groups is 1. The first-order valence-corrected chi connectivity index (χ1v) is 6.14. The zero-order valence-electron chi connectivity index (χ0n) is 10.8. The molecule has 19 heavy (non-hydrogen) atoms. The molecule has 0 aliphatic carbocycles. The number of nitrogens with one attached hydrogen (secondary N) is 1. The van der Waals surface area contributed by atoms with Gasteiger partial charge in [0.15, 0.2) is 0 Å². The number of hydrogen-bond acceptors (Lipinski definition) is 4. The van der Waals surface area contributed by atoms with Crippen molar-refractivity contribution in [2.24, 2.45) is 5.73 Å². The standard InChI is InChI=1S/C12H16N4O2S/c1-3-14-10(17)7-16(2)12(18)9-5-4-8(6-15-9)11(13)19/h4-6H,3,7H2,1-2H3,(H2,13,19)(H,14,17). The molecule has 2 amide bonds. The van der Waals surface area contributed by atoms with E-state index in [0.717, 1.165) is 0 Å². The lowest BCUT2D eigenvalue weighted by Crippen LogP contribution is -2.38. The highest BCUT2D eigenvalue weighted by Crippen LogP contribution is 2.03. The average Bonchev–Trinajstić information content (AvgIpc) is 2.38. The van der Waals surface area contributed by atoms with Gasteiger partial charge in [-0.15, -0.1) is 0 Å². The van der Waals surface area contributed by atoms with Crippen LogP contribution in [0.4, 0.5) is 0 Å². The van der Waals surface area contributed by atoms with E-state index in [0.29, 0.717) is 12.1 Å². The molecule has 3 N–H and O–H groups in total. The number of likely N-dealkylation sites (N-methyl/N-ethyl adjacent to an activating group) is 2. The SMILES string of the molecule is CCNC(=O)CN(C)C(=O)c1ccc(C(N)=S)cn1. The van der Waals surface area contributed by atoms with Crippen LogP contribution in [0, 0.1) is 0 Å². The number of nitrogens with zero attached hydrogens (tertiary/aromatic N) is 2. The number of pyridine rings is 1. The number of rotatable bonds is 5. The van der Waals surface area contributed by atoms with Gasteiger partial charge in [0.1, 0.15) is 10.7 Å². The molecule has 0 unspecified atom stereocenters. The number of carbonyl (C=O) groups is 2. The summed E-state index contributed by atoms with van der Waals surface area (Å²) in [5, 5.41) is 2.62.